The zero-order valence-corrected chi connectivity index (χ0v) is 14.8. The molecule has 0 radical (unpaired) electrons. The molecule has 0 saturated carbocycles. The van der Waals surface area contributed by atoms with Crippen molar-refractivity contribution in [2.24, 2.45) is 7.05 Å². The summed E-state index contributed by atoms with van der Waals surface area (Å²) in [6, 6.07) is 1.80. The van der Waals surface area contributed by atoms with Gasteiger partial charge >= 0.3 is 11.8 Å². The SMILES string of the molecule is CC(C)n1nccc1NC(=O)C(=O)N1CCC(c2cnn(C)c2)CC1. The summed E-state index contributed by atoms with van der Waals surface area (Å²) in [4.78, 5) is 26.3. The maximum absolute atomic E-state index is 12.4. The number of carbonyl (C=O) groups is 2. The van der Waals surface area contributed by atoms with Crippen LogP contribution in [-0.4, -0.2) is 49.4 Å². The molecular formula is C17H24N6O2. The summed E-state index contributed by atoms with van der Waals surface area (Å²) in [5.41, 5.74) is 1.19. The lowest BCUT2D eigenvalue weighted by Crippen LogP contribution is -2.44. The Bertz CT molecular complexity index is 755. The van der Waals surface area contributed by atoms with Gasteiger partial charge in [0.2, 0.25) is 0 Å². The third kappa shape index (κ3) is 3.72. The maximum atomic E-state index is 12.4. The quantitative estimate of drug-likeness (QED) is 0.856. The minimum atomic E-state index is -0.609. The Labute approximate surface area is 146 Å². The van der Waals surface area contributed by atoms with Crippen LogP contribution in [0.15, 0.2) is 24.7 Å². The predicted octanol–water partition coefficient (Wildman–Crippen LogP) is 1.54. The summed E-state index contributed by atoms with van der Waals surface area (Å²) < 4.78 is 3.47. The second kappa shape index (κ2) is 7.08. The number of aromatic nitrogens is 4. The van der Waals surface area contributed by atoms with Gasteiger partial charge in [0, 0.05) is 38.4 Å². The first-order valence-electron chi connectivity index (χ1n) is 8.58. The lowest BCUT2D eigenvalue weighted by molar-refractivity contribution is -0.143. The van der Waals surface area contributed by atoms with E-state index in [1.54, 1.807) is 26.5 Å². The first-order valence-corrected chi connectivity index (χ1v) is 8.58. The van der Waals surface area contributed by atoms with Gasteiger partial charge in [-0.05, 0) is 38.2 Å². The summed E-state index contributed by atoms with van der Waals surface area (Å²) in [5.74, 6) is -0.162. The van der Waals surface area contributed by atoms with E-state index in [9.17, 15) is 9.59 Å². The van der Waals surface area contributed by atoms with Gasteiger partial charge in [-0.25, -0.2) is 4.68 Å². The molecule has 0 unspecified atom stereocenters. The summed E-state index contributed by atoms with van der Waals surface area (Å²) in [6.07, 6.45) is 7.19. The van der Waals surface area contributed by atoms with Gasteiger partial charge in [0.15, 0.2) is 0 Å². The highest BCUT2D eigenvalue weighted by molar-refractivity contribution is 6.39. The summed E-state index contributed by atoms with van der Waals surface area (Å²) in [5, 5.41) is 11.0. The van der Waals surface area contributed by atoms with Gasteiger partial charge in [-0.1, -0.05) is 0 Å². The number of likely N-dealkylation sites (tertiary alicyclic amines) is 1. The average molecular weight is 344 g/mol. The zero-order chi connectivity index (χ0) is 18.0. The predicted molar refractivity (Wildman–Crippen MR) is 93.0 cm³/mol. The molecule has 134 valence electrons. The van der Waals surface area contributed by atoms with E-state index in [-0.39, 0.29) is 6.04 Å². The van der Waals surface area contributed by atoms with Crippen molar-refractivity contribution in [1.29, 1.82) is 0 Å². The molecule has 2 amide bonds. The second-order valence-corrected chi connectivity index (χ2v) is 6.72. The van der Waals surface area contributed by atoms with E-state index in [4.69, 9.17) is 0 Å². The lowest BCUT2D eigenvalue weighted by atomic mass is 9.91. The number of aryl methyl sites for hydroxylation is 1. The average Bonchev–Trinajstić information content (AvgIpc) is 3.23. The Morgan fingerprint density at radius 1 is 1.24 bits per heavy atom. The number of carbonyl (C=O) groups excluding carboxylic acids is 2. The molecule has 1 aliphatic rings. The van der Waals surface area contributed by atoms with E-state index in [0.717, 1.165) is 12.8 Å². The van der Waals surface area contributed by atoms with Crippen LogP contribution in [-0.2, 0) is 16.6 Å². The van der Waals surface area contributed by atoms with Gasteiger partial charge < -0.3 is 10.2 Å². The van der Waals surface area contributed by atoms with Crippen molar-refractivity contribution in [2.75, 3.05) is 18.4 Å². The molecule has 2 aromatic rings. The number of hydrogen-bond donors (Lipinski definition) is 1. The number of anilines is 1. The van der Waals surface area contributed by atoms with Crippen molar-refractivity contribution >= 4 is 17.6 Å². The van der Waals surface area contributed by atoms with Crippen molar-refractivity contribution in [2.45, 2.75) is 38.6 Å². The van der Waals surface area contributed by atoms with Crippen LogP contribution in [0.1, 0.15) is 44.2 Å². The summed E-state index contributed by atoms with van der Waals surface area (Å²) in [6.45, 7) is 5.09. The van der Waals surface area contributed by atoms with Crippen LogP contribution in [0, 0.1) is 0 Å². The molecule has 8 heteroatoms. The Hall–Kier alpha value is -2.64. The van der Waals surface area contributed by atoms with Crippen LogP contribution in [0.3, 0.4) is 0 Å². The minimum Gasteiger partial charge on any atom is -0.334 e. The molecule has 0 spiro atoms. The van der Waals surface area contributed by atoms with Gasteiger partial charge in [0.05, 0.1) is 12.4 Å². The molecule has 3 heterocycles. The van der Waals surface area contributed by atoms with Crippen molar-refractivity contribution in [3.8, 4) is 0 Å². The van der Waals surface area contributed by atoms with Gasteiger partial charge in [-0.15, -0.1) is 0 Å². The normalized spacial score (nSPS) is 15.6. The topological polar surface area (TPSA) is 85.1 Å². The molecule has 0 atom stereocenters. The monoisotopic (exact) mass is 344 g/mol. The standard InChI is InChI=1S/C17H24N6O2/c1-12(2)23-15(4-7-18-23)20-16(24)17(25)22-8-5-13(6-9-22)14-10-19-21(3)11-14/h4,7,10-13H,5-6,8-9H2,1-3H3,(H,20,24). The number of piperidine rings is 1. The van der Waals surface area contributed by atoms with Crippen molar-refractivity contribution < 1.29 is 9.59 Å². The summed E-state index contributed by atoms with van der Waals surface area (Å²) >= 11 is 0. The van der Waals surface area contributed by atoms with Crippen LogP contribution >= 0.6 is 0 Å². The fraction of sp³-hybridized carbons (Fsp3) is 0.529. The van der Waals surface area contributed by atoms with Crippen molar-refractivity contribution in [3.05, 3.63) is 30.2 Å². The molecule has 2 aromatic heterocycles. The molecule has 0 aromatic carbocycles. The number of rotatable bonds is 3. The Morgan fingerprint density at radius 2 is 1.96 bits per heavy atom. The van der Waals surface area contributed by atoms with E-state index in [1.807, 2.05) is 33.3 Å². The Balaban J connectivity index is 1.57. The van der Waals surface area contributed by atoms with E-state index in [1.165, 1.54) is 5.56 Å². The fourth-order valence-corrected chi connectivity index (χ4v) is 3.21. The molecule has 1 N–H and O–H groups in total. The fourth-order valence-electron chi connectivity index (χ4n) is 3.21. The van der Waals surface area contributed by atoms with E-state index in [0.29, 0.717) is 24.8 Å². The Morgan fingerprint density at radius 3 is 2.56 bits per heavy atom. The minimum absolute atomic E-state index is 0.107. The largest absolute Gasteiger partial charge is 0.334 e. The molecule has 1 saturated heterocycles. The first kappa shape index (κ1) is 17.2. The van der Waals surface area contributed by atoms with E-state index < -0.39 is 11.8 Å². The lowest BCUT2D eigenvalue weighted by Gasteiger charge is -2.31. The van der Waals surface area contributed by atoms with Crippen molar-refractivity contribution in [3.63, 3.8) is 0 Å². The van der Waals surface area contributed by atoms with Gasteiger partial charge in [0.1, 0.15) is 5.82 Å². The Kier molecular flexibility index (Phi) is 4.87. The van der Waals surface area contributed by atoms with Crippen LogP contribution in [0.2, 0.25) is 0 Å². The molecule has 0 bridgehead atoms. The molecule has 1 aliphatic heterocycles. The van der Waals surface area contributed by atoms with Gasteiger partial charge in [0.25, 0.3) is 0 Å². The van der Waals surface area contributed by atoms with Crippen LogP contribution in [0.5, 0.6) is 0 Å². The maximum Gasteiger partial charge on any atom is 0.315 e. The van der Waals surface area contributed by atoms with Crippen LogP contribution < -0.4 is 5.32 Å². The van der Waals surface area contributed by atoms with Gasteiger partial charge in [-0.3, -0.25) is 14.3 Å². The highest BCUT2D eigenvalue weighted by atomic mass is 16.2. The van der Waals surface area contributed by atoms with Crippen molar-refractivity contribution in [1.82, 2.24) is 24.5 Å². The third-order valence-corrected chi connectivity index (χ3v) is 4.57. The molecule has 25 heavy (non-hydrogen) atoms. The zero-order valence-electron chi connectivity index (χ0n) is 14.8. The number of amides is 2. The van der Waals surface area contributed by atoms with Crippen LogP contribution in [0.25, 0.3) is 0 Å². The first-order chi connectivity index (χ1) is 12.0. The highest BCUT2D eigenvalue weighted by Gasteiger charge is 2.28. The molecule has 8 nitrogen and oxygen atoms in total. The number of hydrogen-bond acceptors (Lipinski definition) is 4. The van der Waals surface area contributed by atoms with Gasteiger partial charge in [-0.2, -0.15) is 10.2 Å². The van der Waals surface area contributed by atoms with E-state index >= 15 is 0 Å². The number of nitrogens with zero attached hydrogens (tertiary/aromatic N) is 5. The second-order valence-electron chi connectivity index (χ2n) is 6.72. The van der Waals surface area contributed by atoms with Crippen LogP contribution in [0.4, 0.5) is 5.82 Å². The molecule has 1 fully saturated rings. The summed E-state index contributed by atoms with van der Waals surface area (Å²) in [7, 11) is 1.90. The number of nitrogens with one attached hydrogen (secondary N) is 1. The smallest absolute Gasteiger partial charge is 0.315 e. The van der Waals surface area contributed by atoms with E-state index in [2.05, 4.69) is 15.5 Å². The molecule has 3 rings (SSSR count). The third-order valence-electron chi connectivity index (χ3n) is 4.57. The highest BCUT2D eigenvalue weighted by Crippen LogP contribution is 2.27. The molecule has 0 aliphatic carbocycles. The molecular weight excluding hydrogens is 320 g/mol.